The van der Waals surface area contributed by atoms with Crippen LogP contribution in [0.4, 0.5) is 11.4 Å². The normalized spacial score (nSPS) is 16.2. The number of nitrogens with one attached hydrogen (secondary N) is 2. The summed E-state index contributed by atoms with van der Waals surface area (Å²) >= 11 is 1.29. The van der Waals surface area contributed by atoms with Crippen LogP contribution in [0.25, 0.3) is 0 Å². The molecule has 8 heteroatoms. The summed E-state index contributed by atoms with van der Waals surface area (Å²) in [5.74, 6) is -1.68. The molecule has 150 valence electrons. The highest BCUT2D eigenvalue weighted by Crippen LogP contribution is 2.36. The average molecular weight is 412 g/mol. The summed E-state index contributed by atoms with van der Waals surface area (Å²) in [5, 5.41) is 4.73. The molecule has 0 saturated heterocycles. The molecule has 2 N–H and O–H groups in total. The second kappa shape index (κ2) is 8.91. The minimum Gasteiger partial charge on any atom is -0.452 e. The lowest BCUT2D eigenvalue weighted by Crippen LogP contribution is -2.34. The zero-order valence-corrected chi connectivity index (χ0v) is 16.7. The fourth-order valence-electron chi connectivity index (χ4n) is 2.81. The third-order valence-electron chi connectivity index (χ3n) is 4.30. The van der Waals surface area contributed by atoms with E-state index in [9.17, 15) is 19.2 Å². The highest BCUT2D eigenvalue weighted by molar-refractivity contribution is 8.01. The Morgan fingerprint density at radius 3 is 2.59 bits per heavy atom. The van der Waals surface area contributed by atoms with Crippen molar-refractivity contribution >= 4 is 46.7 Å². The van der Waals surface area contributed by atoms with E-state index >= 15 is 0 Å². The molecule has 0 fully saturated rings. The fourth-order valence-corrected chi connectivity index (χ4v) is 3.91. The Morgan fingerprint density at radius 2 is 1.83 bits per heavy atom. The first kappa shape index (κ1) is 20.6. The smallest absolute Gasteiger partial charge is 0.308 e. The summed E-state index contributed by atoms with van der Waals surface area (Å²) in [4.78, 5) is 49.4. The molecule has 0 unspecified atom stereocenters. The first-order valence-corrected chi connectivity index (χ1v) is 9.90. The van der Waals surface area contributed by atoms with Crippen LogP contribution in [0.3, 0.4) is 0 Å². The lowest BCUT2D eigenvalue weighted by atomic mass is 10.1. The Bertz CT molecular complexity index is 975. The van der Waals surface area contributed by atoms with Gasteiger partial charge in [-0.25, -0.2) is 0 Å². The molecule has 2 aromatic carbocycles. The van der Waals surface area contributed by atoms with Gasteiger partial charge in [-0.3, -0.25) is 19.2 Å². The van der Waals surface area contributed by atoms with Crippen LogP contribution in [0, 0.1) is 0 Å². The van der Waals surface area contributed by atoms with Gasteiger partial charge in [-0.15, -0.1) is 11.8 Å². The van der Waals surface area contributed by atoms with E-state index in [0.717, 1.165) is 4.90 Å². The quantitative estimate of drug-likeness (QED) is 0.558. The number of benzene rings is 2. The van der Waals surface area contributed by atoms with Gasteiger partial charge in [0.15, 0.2) is 11.9 Å². The van der Waals surface area contributed by atoms with Crippen LogP contribution in [0.2, 0.25) is 0 Å². The van der Waals surface area contributed by atoms with Crippen molar-refractivity contribution in [3.8, 4) is 0 Å². The maximum absolute atomic E-state index is 12.4. The van der Waals surface area contributed by atoms with E-state index in [4.69, 9.17) is 4.74 Å². The van der Waals surface area contributed by atoms with Crippen LogP contribution in [0.5, 0.6) is 0 Å². The van der Waals surface area contributed by atoms with Crippen LogP contribution < -0.4 is 10.6 Å². The number of hydrogen-bond acceptors (Lipinski definition) is 6. The molecule has 2 atom stereocenters. The number of Topliss-reactive ketones (excluding diaryl/α,β-unsaturated/α-hetero) is 1. The summed E-state index contributed by atoms with van der Waals surface area (Å²) in [6, 6.07) is 13.9. The van der Waals surface area contributed by atoms with Crippen molar-refractivity contribution in [2.24, 2.45) is 0 Å². The summed E-state index contributed by atoms with van der Waals surface area (Å²) in [6.07, 6.45) is -1.24. The molecule has 1 aliphatic rings. The first-order valence-electron chi connectivity index (χ1n) is 9.02. The third-order valence-corrected chi connectivity index (χ3v) is 5.58. The number of amides is 2. The van der Waals surface area contributed by atoms with Gasteiger partial charge in [-0.05, 0) is 38.1 Å². The third kappa shape index (κ3) is 5.03. The van der Waals surface area contributed by atoms with Gasteiger partial charge in [0.05, 0.1) is 23.0 Å². The molecular weight excluding hydrogens is 392 g/mol. The van der Waals surface area contributed by atoms with Crippen molar-refractivity contribution in [3.63, 3.8) is 0 Å². The zero-order valence-electron chi connectivity index (χ0n) is 15.9. The van der Waals surface area contributed by atoms with Crippen molar-refractivity contribution < 1.29 is 23.9 Å². The number of anilines is 2. The highest BCUT2D eigenvalue weighted by Gasteiger charge is 2.30. The van der Waals surface area contributed by atoms with E-state index < -0.39 is 23.2 Å². The molecule has 29 heavy (non-hydrogen) atoms. The number of carbonyl (C=O) groups is 4. The number of rotatable bonds is 6. The summed E-state index contributed by atoms with van der Waals surface area (Å²) in [5.41, 5.74) is 1.43. The zero-order chi connectivity index (χ0) is 21.0. The minimum absolute atomic E-state index is 0.160. The molecule has 2 aromatic rings. The molecule has 7 nitrogen and oxygen atoms in total. The highest BCUT2D eigenvalue weighted by atomic mass is 32.2. The summed E-state index contributed by atoms with van der Waals surface area (Å²) < 4.78 is 5.19. The molecule has 0 radical (unpaired) electrons. The maximum Gasteiger partial charge on any atom is 0.308 e. The lowest BCUT2D eigenvalue weighted by molar-refractivity contribution is -0.153. The van der Waals surface area contributed by atoms with E-state index in [1.807, 2.05) is 18.2 Å². The van der Waals surface area contributed by atoms with Crippen molar-refractivity contribution in [2.75, 3.05) is 10.6 Å². The number of ether oxygens (including phenoxy) is 1. The average Bonchev–Trinajstić information content (AvgIpc) is 2.68. The standard InChI is InChI=1S/C21H20N2O5S/c1-12(24)14-7-3-4-8-15(14)22-20(26)13(2)28-19(25)11-18-21(27)23-16-9-5-6-10-17(16)29-18/h3-10,13,18H,11H2,1-2H3,(H,22,26)(H,23,27)/t13-,18+/m0/s1. The number of hydrogen-bond donors (Lipinski definition) is 2. The van der Waals surface area contributed by atoms with Crippen molar-refractivity contribution in [1.29, 1.82) is 0 Å². The lowest BCUT2D eigenvalue weighted by Gasteiger charge is -2.23. The van der Waals surface area contributed by atoms with Gasteiger partial charge in [-0.1, -0.05) is 24.3 Å². The number of carbonyl (C=O) groups excluding carboxylic acids is 4. The maximum atomic E-state index is 12.4. The Kier molecular flexibility index (Phi) is 6.33. The van der Waals surface area contributed by atoms with Crippen LogP contribution >= 0.6 is 11.8 Å². The Hall–Kier alpha value is -3.13. The molecule has 0 spiro atoms. The molecule has 0 bridgehead atoms. The number of ketones is 1. The molecule has 1 aliphatic heterocycles. The van der Waals surface area contributed by atoms with Gasteiger partial charge in [0, 0.05) is 10.5 Å². The second-order valence-corrected chi connectivity index (χ2v) is 7.76. The first-order chi connectivity index (χ1) is 13.8. The summed E-state index contributed by atoms with van der Waals surface area (Å²) in [7, 11) is 0. The second-order valence-electron chi connectivity index (χ2n) is 6.52. The van der Waals surface area contributed by atoms with Crippen molar-refractivity contribution in [3.05, 3.63) is 54.1 Å². The van der Waals surface area contributed by atoms with Crippen LogP contribution in [-0.2, 0) is 19.1 Å². The van der Waals surface area contributed by atoms with E-state index in [1.165, 1.54) is 25.6 Å². The Morgan fingerprint density at radius 1 is 1.14 bits per heavy atom. The van der Waals surface area contributed by atoms with Crippen LogP contribution in [-0.4, -0.2) is 34.9 Å². The number of fused-ring (bicyclic) bond motifs is 1. The number of esters is 1. The number of thioether (sulfide) groups is 1. The molecule has 0 aromatic heterocycles. The van der Waals surface area contributed by atoms with Crippen LogP contribution in [0.1, 0.15) is 30.6 Å². The predicted molar refractivity (Wildman–Crippen MR) is 110 cm³/mol. The van der Waals surface area contributed by atoms with E-state index in [1.54, 1.807) is 30.3 Å². The van der Waals surface area contributed by atoms with E-state index in [-0.39, 0.29) is 18.1 Å². The van der Waals surface area contributed by atoms with Crippen molar-refractivity contribution in [1.82, 2.24) is 0 Å². The number of para-hydroxylation sites is 2. The van der Waals surface area contributed by atoms with Gasteiger partial charge >= 0.3 is 5.97 Å². The molecular formula is C21H20N2O5S. The fraction of sp³-hybridized carbons (Fsp3) is 0.238. The minimum atomic E-state index is -1.08. The molecule has 3 rings (SSSR count). The van der Waals surface area contributed by atoms with E-state index in [2.05, 4.69) is 10.6 Å². The SMILES string of the molecule is CC(=O)c1ccccc1NC(=O)[C@H](C)OC(=O)C[C@H]1Sc2ccccc2NC1=O. The van der Waals surface area contributed by atoms with Gasteiger partial charge in [0.2, 0.25) is 5.91 Å². The summed E-state index contributed by atoms with van der Waals surface area (Å²) in [6.45, 7) is 2.84. The van der Waals surface area contributed by atoms with Crippen molar-refractivity contribution in [2.45, 2.75) is 36.5 Å². The molecule has 2 amide bonds. The molecule has 1 heterocycles. The van der Waals surface area contributed by atoms with Gasteiger partial charge in [-0.2, -0.15) is 0 Å². The Labute approximate surface area is 172 Å². The van der Waals surface area contributed by atoms with Gasteiger partial charge in [0.1, 0.15) is 0 Å². The Balaban J connectivity index is 1.57. The van der Waals surface area contributed by atoms with Gasteiger partial charge in [0.25, 0.3) is 5.91 Å². The predicted octanol–water partition coefficient (Wildman–Crippen LogP) is 3.26. The molecule has 0 aliphatic carbocycles. The monoisotopic (exact) mass is 412 g/mol. The molecule has 0 saturated carbocycles. The topological polar surface area (TPSA) is 102 Å². The van der Waals surface area contributed by atoms with Crippen LogP contribution in [0.15, 0.2) is 53.4 Å². The largest absolute Gasteiger partial charge is 0.452 e. The van der Waals surface area contributed by atoms with E-state index in [0.29, 0.717) is 16.9 Å². The van der Waals surface area contributed by atoms with Gasteiger partial charge < -0.3 is 15.4 Å².